The standard InChI is InChI=1S/C9H19N5O2S/c1-8(2)10-7-9-11-12-13-14(9)5-4-6-17(3,15)16/h8,10H,4-7H2,1-3H3. The molecule has 1 aromatic rings. The lowest BCUT2D eigenvalue weighted by atomic mass is 10.4. The highest BCUT2D eigenvalue weighted by Crippen LogP contribution is 1.97. The van der Waals surface area contributed by atoms with E-state index in [9.17, 15) is 8.42 Å². The summed E-state index contributed by atoms with van der Waals surface area (Å²) in [6.07, 6.45) is 1.76. The first-order chi connectivity index (χ1) is 7.88. The molecule has 0 fully saturated rings. The number of hydrogen-bond acceptors (Lipinski definition) is 6. The molecule has 0 aliphatic rings. The number of aromatic nitrogens is 4. The number of sulfone groups is 1. The highest BCUT2D eigenvalue weighted by molar-refractivity contribution is 7.90. The summed E-state index contributed by atoms with van der Waals surface area (Å²) in [5.41, 5.74) is 0. The zero-order valence-electron chi connectivity index (χ0n) is 10.4. The predicted octanol–water partition coefficient (Wildman–Crippen LogP) is -0.394. The zero-order chi connectivity index (χ0) is 12.9. The van der Waals surface area contributed by atoms with Crippen molar-refractivity contribution >= 4 is 9.84 Å². The highest BCUT2D eigenvalue weighted by atomic mass is 32.2. The van der Waals surface area contributed by atoms with E-state index in [1.807, 2.05) is 13.8 Å². The Hall–Kier alpha value is -1.02. The summed E-state index contributed by atoms with van der Waals surface area (Å²) in [6.45, 7) is 5.19. The van der Waals surface area contributed by atoms with E-state index in [0.29, 0.717) is 25.6 Å². The van der Waals surface area contributed by atoms with Gasteiger partial charge in [0, 0.05) is 18.8 Å². The molecule has 1 aromatic heterocycles. The number of tetrazole rings is 1. The van der Waals surface area contributed by atoms with E-state index in [-0.39, 0.29) is 5.75 Å². The van der Waals surface area contributed by atoms with Crippen LogP contribution < -0.4 is 5.32 Å². The molecule has 0 saturated heterocycles. The van der Waals surface area contributed by atoms with Crippen LogP contribution in [0.3, 0.4) is 0 Å². The van der Waals surface area contributed by atoms with Gasteiger partial charge in [-0.3, -0.25) is 0 Å². The minimum absolute atomic E-state index is 0.157. The van der Waals surface area contributed by atoms with E-state index < -0.39 is 9.84 Å². The van der Waals surface area contributed by atoms with Crippen LogP contribution in [0.4, 0.5) is 0 Å². The van der Waals surface area contributed by atoms with Crippen LogP contribution in [-0.4, -0.2) is 46.7 Å². The summed E-state index contributed by atoms with van der Waals surface area (Å²) in [6, 6.07) is 0.358. The minimum Gasteiger partial charge on any atom is -0.308 e. The van der Waals surface area contributed by atoms with E-state index >= 15 is 0 Å². The lowest BCUT2D eigenvalue weighted by Gasteiger charge is -2.07. The van der Waals surface area contributed by atoms with Gasteiger partial charge in [0.1, 0.15) is 9.84 Å². The Labute approximate surface area is 102 Å². The van der Waals surface area contributed by atoms with Crippen LogP contribution >= 0.6 is 0 Å². The molecule has 0 bridgehead atoms. The van der Waals surface area contributed by atoms with Gasteiger partial charge in [-0.15, -0.1) is 5.10 Å². The van der Waals surface area contributed by atoms with Gasteiger partial charge in [0.15, 0.2) is 5.82 Å². The lowest BCUT2D eigenvalue weighted by molar-refractivity contribution is 0.510. The molecule has 0 saturated carbocycles. The maximum atomic E-state index is 11.0. The van der Waals surface area contributed by atoms with Gasteiger partial charge in [-0.2, -0.15) is 0 Å². The molecule has 1 heterocycles. The summed E-state index contributed by atoms with van der Waals surface area (Å²) in [5.74, 6) is 0.886. The molecule has 0 amide bonds. The maximum Gasteiger partial charge on any atom is 0.165 e. The number of nitrogens with one attached hydrogen (secondary N) is 1. The third-order valence-corrected chi connectivity index (χ3v) is 3.19. The van der Waals surface area contributed by atoms with Crippen LogP contribution in [0.1, 0.15) is 26.1 Å². The number of rotatable bonds is 7. The van der Waals surface area contributed by atoms with Crippen molar-refractivity contribution in [1.82, 2.24) is 25.5 Å². The maximum absolute atomic E-state index is 11.0. The smallest absolute Gasteiger partial charge is 0.165 e. The Bertz CT molecular complexity index is 440. The van der Waals surface area contributed by atoms with Gasteiger partial charge in [0.2, 0.25) is 0 Å². The molecule has 0 unspecified atom stereocenters. The van der Waals surface area contributed by atoms with Crippen molar-refractivity contribution in [1.29, 1.82) is 0 Å². The van der Waals surface area contributed by atoms with Crippen LogP contribution in [0.5, 0.6) is 0 Å². The SMILES string of the molecule is CC(C)NCc1nnnn1CCCS(C)(=O)=O. The Balaban J connectivity index is 2.46. The Morgan fingerprint density at radius 2 is 2.12 bits per heavy atom. The molecular formula is C9H19N5O2S. The monoisotopic (exact) mass is 261 g/mol. The van der Waals surface area contributed by atoms with Crippen LogP contribution in [-0.2, 0) is 22.9 Å². The highest BCUT2D eigenvalue weighted by Gasteiger charge is 2.08. The first kappa shape index (κ1) is 14.0. The normalized spacial score (nSPS) is 12.2. The minimum atomic E-state index is -2.91. The van der Waals surface area contributed by atoms with Crippen molar-refractivity contribution < 1.29 is 8.42 Å². The topological polar surface area (TPSA) is 89.8 Å². The van der Waals surface area contributed by atoms with Gasteiger partial charge in [0.25, 0.3) is 0 Å². The van der Waals surface area contributed by atoms with Crippen LogP contribution in [0.25, 0.3) is 0 Å². The molecular weight excluding hydrogens is 242 g/mol. The molecule has 0 spiro atoms. The van der Waals surface area contributed by atoms with Crippen LogP contribution in [0.15, 0.2) is 0 Å². The Morgan fingerprint density at radius 1 is 1.41 bits per heavy atom. The summed E-state index contributed by atoms with van der Waals surface area (Å²) in [5, 5.41) is 14.5. The first-order valence-corrected chi connectivity index (χ1v) is 7.60. The zero-order valence-corrected chi connectivity index (χ0v) is 11.2. The summed E-state index contributed by atoms with van der Waals surface area (Å²) in [7, 11) is -2.91. The Morgan fingerprint density at radius 3 is 2.71 bits per heavy atom. The van der Waals surface area contributed by atoms with Crippen molar-refractivity contribution in [2.75, 3.05) is 12.0 Å². The number of nitrogens with zero attached hydrogens (tertiary/aromatic N) is 4. The molecule has 0 aliphatic carbocycles. The fourth-order valence-electron chi connectivity index (χ4n) is 1.30. The van der Waals surface area contributed by atoms with E-state index in [0.717, 1.165) is 5.82 Å². The number of hydrogen-bond donors (Lipinski definition) is 1. The van der Waals surface area contributed by atoms with Gasteiger partial charge in [-0.1, -0.05) is 13.8 Å². The molecule has 1 N–H and O–H groups in total. The van der Waals surface area contributed by atoms with Crippen LogP contribution in [0.2, 0.25) is 0 Å². The van der Waals surface area contributed by atoms with Crippen molar-refractivity contribution in [2.24, 2.45) is 0 Å². The fourth-order valence-corrected chi connectivity index (χ4v) is 1.95. The molecule has 98 valence electrons. The molecule has 0 atom stereocenters. The second-order valence-corrected chi connectivity index (χ2v) is 6.60. The summed E-state index contributed by atoms with van der Waals surface area (Å²) < 4.78 is 23.6. The average Bonchev–Trinajstić information content (AvgIpc) is 2.60. The molecule has 0 aromatic carbocycles. The van der Waals surface area contributed by atoms with Crippen molar-refractivity contribution in [3.63, 3.8) is 0 Å². The quantitative estimate of drug-likeness (QED) is 0.718. The molecule has 1 rings (SSSR count). The third kappa shape index (κ3) is 5.73. The van der Waals surface area contributed by atoms with E-state index in [4.69, 9.17) is 0 Å². The molecule has 0 aliphatic heterocycles. The number of aryl methyl sites for hydroxylation is 1. The summed E-state index contributed by atoms with van der Waals surface area (Å²) in [4.78, 5) is 0. The van der Waals surface area contributed by atoms with Crippen molar-refractivity contribution in [2.45, 2.75) is 39.4 Å². The largest absolute Gasteiger partial charge is 0.308 e. The Kier molecular flexibility index (Phi) is 5.01. The lowest BCUT2D eigenvalue weighted by Crippen LogP contribution is -2.24. The fraction of sp³-hybridized carbons (Fsp3) is 0.889. The first-order valence-electron chi connectivity index (χ1n) is 5.54. The van der Waals surface area contributed by atoms with Crippen molar-refractivity contribution in [3.05, 3.63) is 5.82 Å². The van der Waals surface area contributed by atoms with E-state index in [2.05, 4.69) is 20.8 Å². The predicted molar refractivity (Wildman–Crippen MR) is 64.1 cm³/mol. The van der Waals surface area contributed by atoms with Gasteiger partial charge in [-0.25, -0.2) is 13.1 Å². The second kappa shape index (κ2) is 6.06. The van der Waals surface area contributed by atoms with Gasteiger partial charge < -0.3 is 5.32 Å². The molecule has 8 heteroatoms. The van der Waals surface area contributed by atoms with Crippen molar-refractivity contribution in [3.8, 4) is 0 Å². The molecule has 17 heavy (non-hydrogen) atoms. The van der Waals surface area contributed by atoms with Crippen LogP contribution in [0, 0.1) is 0 Å². The molecule has 0 radical (unpaired) electrons. The summed E-state index contributed by atoms with van der Waals surface area (Å²) >= 11 is 0. The van der Waals surface area contributed by atoms with Gasteiger partial charge in [0.05, 0.1) is 12.3 Å². The third-order valence-electron chi connectivity index (χ3n) is 2.16. The van der Waals surface area contributed by atoms with E-state index in [1.165, 1.54) is 6.26 Å². The van der Waals surface area contributed by atoms with Gasteiger partial charge in [-0.05, 0) is 16.8 Å². The van der Waals surface area contributed by atoms with Gasteiger partial charge >= 0.3 is 0 Å². The second-order valence-electron chi connectivity index (χ2n) is 4.34. The molecule has 7 nitrogen and oxygen atoms in total. The van der Waals surface area contributed by atoms with E-state index in [1.54, 1.807) is 4.68 Å². The average molecular weight is 261 g/mol.